The van der Waals surface area contributed by atoms with Crippen molar-refractivity contribution in [3.8, 4) is 0 Å². The van der Waals surface area contributed by atoms with Crippen LogP contribution in [0.1, 0.15) is 16.1 Å². The Morgan fingerprint density at radius 2 is 2.36 bits per heavy atom. The predicted octanol–water partition coefficient (Wildman–Crippen LogP) is -0.369. The monoisotopic (exact) mass is 213 g/mol. The second-order valence-corrected chi connectivity index (χ2v) is 2.70. The number of hydrogen-bond donors (Lipinski definition) is 3. The van der Waals surface area contributed by atoms with Gasteiger partial charge in [0.2, 0.25) is 0 Å². The van der Waals surface area contributed by atoms with Gasteiger partial charge in [-0.1, -0.05) is 11.6 Å². The average Bonchev–Trinajstić information content (AvgIpc) is 2.20. The van der Waals surface area contributed by atoms with Gasteiger partial charge in [-0.2, -0.15) is 5.10 Å². The summed E-state index contributed by atoms with van der Waals surface area (Å²) in [4.78, 5) is 14.5. The lowest BCUT2D eigenvalue weighted by Crippen LogP contribution is -2.33. The number of halogens is 1. The number of carbonyl (C=O) groups is 1. The summed E-state index contributed by atoms with van der Waals surface area (Å²) in [6.45, 7) is 0. The average molecular weight is 214 g/mol. The molecule has 14 heavy (non-hydrogen) atoms. The summed E-state index contributed by atoms with van der Waals surface area (Å²) < 4.78 is 0. The number of hydrogen-bond acceptors (Lipinski definition) is 5. The number of aromatic nitrogens is 1. The van der Waals surface area contributed by atoms with Crippen molar-refractivity contribution in [1.29, 1.82) is 0 Å². The lowest BCUT2D eigenvalue weighted by Gasteiger charge is -2.05. The van der Waals surface area contributed by atoms with E-state index in [1.807, 2.05) is 0 Å². The van der Waals surface area contributed by atoms with E-state index in [9.17, 15) is 4.79 Å². The fourth-order valence-corrected chi connectivity index (χ4v) is 1.05. The molecule has 0 aliphatic heterocycles. The van der Waals surface area contributed by atoms with Crippen LogP contribution in [-0.4, -0.2) is 17.1 Å². The van der Waals surface area contributed by atoms with Crippen LogP contribution in [0.4, 0.5) is 0 Å². The van der Waals surface area contributed by atoms with Gasteiger partial charge in [0.05, 0.1) is 0 Å². The van der Waals surface area contributed by atoms with Crippen molar-refractivity contribution in [1.82, 2.24) is 10.4 Å². The summed E-state index contributed by atoms with van der Waals surface area (Å²) in [5.74, 6) is 10.3. The van der Waals surface area contributed by atoms with E-state index in [0.717, 1.165) is 0 Å². The molecule has 5 N–H and O–H groups in total. The van der Waals surface area contributed by atoms with Gasteiger partial charge in [0, 0.05) is 5.56 Å². The molecule has 6 nitrogen and oxygen atoms in total. The minimum atomic E-state index is 0.0922. The van der Waals surface area contributed by atoms with E-state index >= 15 is 0 Å². The highest BCUT2D eigenvalue weighted by atomic mass is 35.5. The Kier molecular flexibility index (Phi) is 3.38. The van der Waals surface area contributed by atoms with Crippen molar-refractivity contribution in [2.45, 2.75) is 0 Å². The number of nitrogens with one attached hydrogen (secondary N) is 1. The third kappa shape index (κ3) is 1.98. The quantitative estimate of drug-likeness (QED) is 0.155. The molecule has 0 saturated carbocycles. The van der Waals surface area contributed by atoms with Crippen molar-refractivity contribution in [2.24, 2.45) is 16.8 Å². The Hall–Kier alpha value is -1.66. The van der Waals surface area contributed by atoms with E-state index in [2.05, 4.69) is 15.5 Å². The molecule has 1 aromatic heterocycles. The molecule has 1 aromatic rings. The number of pyridine rings is 1. The standard InChI is InChI=1S/C7H8ClN5O/c8-5-2-1-4(3-14)6(11-5)7(12-9)13-10/h1-3H,9-10H2,(H,12,13). The number of carbonyl (C=O) groups excluding carboxylic acids is 1. The number of hydrazine groups is 1. The van der Waals surface area contributed by atoms with Gasteiger partial charge in [-0.05, 0) is 12.1 Å². The zero-order valence-electron chi connectivity index (χ0n) is 7.07. The normalized spacial score (nSPS) is 11.1. The van der Waals surface area contributed by atoms with Crippen LogP contribution in [0.3, 0.4) is 0 Å². The molecule has 74 valence electrons. The Morgan fingerprint density at radius 1 is 1.64 bits per heavy atom. The van der Waals surface area contributed by atoms with Crippen molar-refractivity contribution in [2.75, 3.05) is 0 Å². The summed E-state index contributed by atoms with van der Waals surface area (Å²) in [5.41, 5.74) is 2.74. The van der Waals surface area contributed by atoms with Crippen LogP contribution in [0.25, 0.3) is 0 Å². The zero-order valence-corrected chi connectivity index (χ0v) is 7.82. The lowest BCUT2D eigenvalue weighted by molar-refractivity contribution is 0.112. The molecular weight excluding hydrogens is 206 g/mol. The SMILES string of the molecule is N/N=C(\NN)c1nc(Cl)ccc1C=O. The smallest absolute Gasteiger partial charge is 0.186 e. The first-order valence-corrected chi connectivity index (χ1v) is 3.97. The number of aldehydes is 1. The summed E-state index contributed by atoms with van der Waals surface area (Å²) in [5, 5.41) is 3.55. The molecule has 0 aliphatic carbocycles. The summed E-state index contributed by atoms with van der Waals surface area (Å²) in [6.07, 6.45) is 0.612. The number of amidine groups is 1. The van der Waals surface area contributed by atoms with Gasteiger partial charge in [-0.3, -0.25) is 4.79 Å². The number of nitrogens with two attached hydrogens (primary N) is 2. The molecule has 0 saturated heterocycles. The topological polar surface area (TPSA) is 106 Å². The van der Waals surface area contributed by atoms with Gasteiger partial charge in [0.25, 0.3) is 0 Å². The molecule has 7 heteroatoms. The van der Waals surface area contributed by atoms with Gasteiger partial charge in [0.1, 0.15) is 10.8 Å². The van der Waals surface area contributed by atoms with Gasteiger partial charge < -0.3 is 11.3 Å². The van der Waals surface area contributed by atoms with Gasteiger partial charge in [0.15, 0.2) is 12.1 Å². The molecular formula is C7H8ClN5O. The largest absolute Gasteiger partial charge is 0.321 e. The molecule has 1 rings (SSSR count). The van der Waals surface area contributed by atoms with E-state index in [1.165, 1.54) is 12.1 Å². The van der Waals surface area contributed by atoms with E-state index in [4.69, 9.17) is 23.3 Å². The molecule has 0 aromatic carbocycles. The highest BCUT2D eigenvalue weighted by Crippen LogP contribution is 2.09. The van der Waals surface area contributed by atoms with Gasteiger partial charge >= 0.3 is 0 Å². The molecule has 1 heterocycles. The molecule has 0 unspecified atom stereocenters. The lowest BCUT2D eigenvalue weighted by atomic mass is 10.2. The predicted molar refractivity (Wildman–Crippen MR) is 52.7 cm³/mol. The molecule has 0 fully saturated rings. The highest BCUT2D eigenvalue weighted by molar-refractivity contribution is 6.29. The summed E-state index contributed by atoms with van der Waals surface area (Å²) >= 11 is 5.64. The second kappa shape index (κ2) is 4.54. The van der Waals surface area contributed by atoms with Crippen LogP contribution in [0.15, 0.2) is 17.2 Å². The number of rotatable bonds is 2. The minimum absolute atomic E-state index is 0.0922. The van der Waals surface area contributed by atoms with Crippen molar-refractivity contribution in [3.63, 3.8) is 0 Å². The summed E-state index contributed by atoms with van der Waals surface area (Å²) in [7, 11) is 0. The molecule has 0 amide bonds. The first-order chi connectivity index (χ1) is 6.72. The van der Waals surface area contributed by atoms with Gasteiger partial charge in [-0.15, -0.1) is 0 Å². The highest BCUT2D eigenvalue weighted by Gasteiger charge is 2.10. The van der Waals surface area contributed by atoms with Crippen LogP contribution in [-0.2, 0) is 0 Å². The molecule has 0 radical (unpaired) electrons. The number of nitrogens with zero attached hydrogens (tertiary/aromatic N) is 2. The van der Waals surface area contributed by atoms with E-state index in [-0.39, 0.29) is 16.7 Å². The third-order valence-corrected chi connectivity index (χ3v) is 1.72. The van der Waals surface area contributed by atoms with E-state index in [1.54, 1.807) is 0 Å². The third-order valence-electron chi connectivity index (χ3n) is 1.51. The van der Waals surface area contributed by atoms with Crippen LogP contribution in [0.5, 0.6) is 0 Å². The van der Waals surface area contributed by atoms with Gasteiger partial charge in [-0.25, -0.2) is 10.8 Å². The summed E-state index contributed by atoms with van der Waals surface area (Å²) in [6, 6.07) is 2.99. The van der Waals surface area contributed by atoms with Crippen LogP contribution >= 0.6 is 11.6 Å². The maximum atomic E-state index is 10.6. The maximum absolute atomic E-state index is 10.6. The van der Waals surface area contributed by atoms with E-state index < -0.39 is 0 Å². The van der Waals surface area contributed by atoms with Crippen LogP contribution in [0.2, 0.25) is 5.15 Å². The first kappa shape index (κ1) is 10.4. The van der Waals surface area contributed by atoms with Crippen molar-refractivity contribution in [3.05, 3.63) is 28.5 Å². The molecule has 0 spiro atoms. The van der Waals surface area contributed by atoms with Crippen molar-refractivity contribution >= 4 is 23.7 Å². The molecule has 0 aliphatic rings. The minimum Gasteiger partial charge on any atom is -0.321 e. The van der Waals surface area contributed by atoms with Crippen molar-refractivity contribution < 1.29 is 4.79 Å². The zero-order chi connectivity index (χ0) is 10.6. The maximum Gasteiger partial charge on any atom is 0.186 e. The fraction of sp³-hybridized carbons (Fsp3) is 0. The fourth-order valence-electron chi connectivity index (χ4n) is 0.898. The number of hydrazone groups is 1. The molecule has 0 atom stereocenters. The Morgan fingerprint density at radius 3 is 2.86 bits per heavy atom. The Balaban J connectivity index is 3.29. The van der Waals surface area contributed by atoms with Crippen LogP contribution < -0.4 is 17.1 Å². The first-order valence-electron chi connectivity index (χ1n) is 3.59. The Labute approximate surface area is 84.9 Å². The second-order valence-electron chi connectivity index (χ2n) is 2.31. The Bertz CT molecular complexity index is 378. The van der Waals surface area contributed by atoms with Crippen LogP contribution in [0, 0.1) is 0 Å². The van der Waals surface area contributed by atoms with E-state index in [0.29, 0.717) is 11.8 Å². The molecule has 0 bridgehead atoms.